The van der Waals surface area contributed by atoms with Gasteiger partial charge in [-0.1, -0.05) is 29.8 Å². The van der Waals surface area contributed by atoms with Crippen molar-refractivity contribution in [2.45, 2.75) is 40.7 Å². The smallest absolute Gasteiger partial charge is 0.206 e. The van der Waals surface area contributed by atoms with Gasteiger partial charge in [-0.05, 0) is 46.8 Å². The van der Waals surface area contributed by atoms with E-state index in [4.69, 9.17) is 14.5 Å². The number of rotatable bonds is 4. The third-order valence-corrected chi connectivity index (χ3v) is 4.58. The Hall–Kier alpha value is -2.40. The van der Waals surface area contributed by atoms with Gasteiger partial charge in [0.15, 0.2) is 0 Å². The third kappa shape index (κ3) is 3.99. The van der Waals surface area contributed by atoms with Crippen LogP contribution in [0, 0.1) is 13.8 Å². The summed E-state index contributed by atoms with van der Waals surface area (Å²) < 4.78 is 7.62. The second-order valence-electron chi connectivity index (χ2n) is 6.40. The van der Waals surface area contributed by atoms with Crippen LogP contribution in [0.4, 0.5) is 0 Å². The van der Waals surface area contributed by atoms with E-state index in [1.165, 1.54) is 5.56 Å². The van der Waals surface area contributed by atoms with Crippen molar-refractivity contribution < 1.29 is 4.42 Å². The van der Waals surface area contributed by atoms with Crippen LogP contribution >= 0.6 is 11.3 Å². The van der Waals surface area contributed by atoms with Crippen molar-refractivity contribution in [2.75, 3.05) is 0 Å². The second-order valence-corrected chi connectivity index (χ2v) is 7.24. The van der Waals surface area contributed by atoms with E-state index >= 15 is 0 Å². The van der Waals surface area contributed by atoms with Crippen molar-refractivity contribution in [3.63, 3.8) is 0 Å². The van der Waals surface area contributed by atoms with Crippen molar-refractivity contribution in [1.82, 2.24) is 4.68 Å². The lowest BCUT2D eigenvalue weighted by atomic mass is 10.1. The summed E-state index contributed by atoms with van der Waals surface area (Å²) in [5, 5.41) is 6.92. The molecule has 0 radical (unpaired) electrons. The van der Waals surface area contributed by atoms with Crippen molar-refractivity contribution in [3.8, 4) is 11.3 Å². The fraction of sp³-hybridized carbons (Fsp3) is 0.300. The molecule has 130 valence electrons. The maximum absolute atomic E-state index is 5.71. The third-order valence-electron chi connectivity index (χ3n) is 3.75. The lowest BCUT2D eigenvalue weighted by molar-refractivity contribution is 0.524. The summed E-state index contributed by atoms with van der Waals surface area (Å²) in [7, 11) is 0. The average Bonchev–Trinajstić information content (AvgIpc) is 3.15. The van der Waals surface area contributed by atoms with E-state index in [0.29, 0.717) is 0 Å². The first-order valence-corrected chi connectivity index (χ1v) is 9.26. The highest BCUT2D eigenvalue weighted by Crippen LogP contribution is 2.21. The number of hydrogen-bond acceptors (Lipinski definition) is 4. The Morgan fingerprint density at radius 1 is 1.08 bits per heavy atom. The Balaban J connectivity index is 2.15. The van der Waals surface area contributed by atoms with Crippen LogP contribution in [0.25, 0.3) is 11.3 Å². The first kappa shape index (κ1) is 17.4. The Labute approximate surface area is 152 Å². The number of aryl methyl sites for hydroxylation is 2. The molecule has 3 rings (SSSR count). The first-order chi connectivity index (χ1) is 11.9. The molecule has 0 aliphatic heterocycles. The van der Waals surface area contributed by atoms with E-state index in [0.717, 1.165) is 33.3 Å². The minimum atomic E-state index is 0.206. The average molecular weight is 353 g/mol. The zero-order valence-corrected chi connectivity index (χ0v) is 16.1. The monoisotopic (exact) mass is 353 g/mol. The Bertz CT molecular complexity index is 955. The molecule has 0 aliphatic rings. The van der Waals surface area contributed by atoms with Crippen LogP contribution in [0.2, 0.25) is 0 Å². The molecule has 0 unspecified atom stereocenters. The van der Waals surface area contributed by atoms with Crippen LogP contribution < -0.4 is 4.80 Å². The lowest BCUT2D eigenvalue weighted by Gasteiger charge is -2.06. The number of benzene rings is 1. The maximum Gasteiger partial charge on any atom is 0.206 e. The van der Waals surface area contributed by atoms with Gasteiger partial charge in [0.05, 0.1) is 5.69 Å². The van der Waals surface area contributed by atoms with Crippen molar-refractivity contribution >= 4 is 17.0 Å². The number of hydrogen-bond donors (Lipinski definition) is 0. The van der Waals surface area contributed by atoms with E-state index < -0.39 is 0 Å². The normalized spacial score (nSPS) is 13.0. The van der Waals surface area contributed by atoms with Crippen molar-refractivity contribution in [2.24, 2.45) is 10.1 Å². The van der Waals surface area contributed by atoms with E-state index in [1.807, 2.05) is 30.7 Å². The van der Waals surface area contributed by atoms with Gasteiger partial charge in [-0.3, -0.25) is 4.99 Å². The van der Waals surface area contributed by atoms with E-state index in [1.54, 1.807) is 11.3 Å². The minimum absolute atomic E-state index is 0.206. The molecule has 2 aromatic heterocycles. The Kier molecular flexibility index (Phi) is 5.04. The number of nitrogens with zero attached hydrogens (tertiary/aromatic N) is 3. The van der Waals surface area contributed by atoms with E-state index in [2.05, 4.69) is 50.4 Å². The topological polar surface area (TPSA) is 42.8 Å². The summed E-state index contributed by atoms with van der Waals surface area (Å²) in [6.45, 7) is 10.1. The highest BCUT2D eigenvalue weighted by molar-refractivity contribution is 7.07. The summed E-state index contributed by atoms with van der Waals surface area (Å²) in [4.78, 5) is 5.60. The lowest BCUT2D eigenvalue weighted by Crippen LogP contribution is -2.16. The summed E-state index contributed by atoms with van der Waals surface area (Å²) in [5.74, 6) is 1.66. The van der Waals surface area contributed by atoms with Crippen LogP contribution in [0.5, 0.6) is 0 Å². The summed E-state index contributed by atoms with van der Waals surface area (Å²) in [6.07, 6.45) is 0. The number of furan rings is 1. The molecule has 1 aromatic carbocycles. The van der Waals surface area contributed by atoms with Crippen LogP contribution in [-0.2, 0) is 0 Å². The van der Waals surface area contributed by atoms with Crippen molar-refractivity contribution in [3.05, 3.63) is 63.7 Å². The molecule has 0 aliphatic carbocycles. The standard InChI is InChI=1S/C20H23N3OS/c1-13(2)21-20-23(22-16(5)19-11-8-15(4)24-19)18(12-25-20)17-9-6-14(3)7-10-17/h6-13H,1-5H3. The zero-order chi connectivity index (χ0) is 18.0. The minimum Gasteiger partial charge on any atom is -0.460 e. The molecule has 0 saturated carbocycles. The molecule has 0 amide bonds. The van der Waals surface area contributed by atoms with E-state index in [9.17, 15) is 0 Å². The van der Waals surface area contributed by atoms with Gasteiger partial charge < -0.3 is 4.42 Å². The molecule has 4 nitrogen and oxygen atoms in total. The van der Waals surface area contributed by atoms with Gasteiger partial charge in [-0.25, -0.2) is 4.68 Å². The Morgan fingerprint density at radius 2 is 1.80 bits per heavy atom. The van der Waals surface area contributed by atoms with Crippen LogP contribution in [-0.4, -0.2) is 16.4 Å². The fourth-order valence-corrected chi connectivity index (χ4v) is 3.42. The van der Waals surface area contributed by atoms with Crippen LogP contribution in [0.1, 0.15) is 37.9 Å². The second kappa shape index (κ2) is 7.23. The molecule has 3 aromatic rings. The molecule has 0 bridgehead atoms. The van der Waals surface area contributed by atoms with Gasteiger partial charge >= 0.3 is 0 Å². The van der Waals surface area contributed by atoms with Crippen molar-refractivity contribution in [1.29, 1.82) is 0 Å². The zero-order valence-electron chi connectivity index (χ0n) is 15.3. The Morgan fingerprint density at radius 3 is 2.40 bits per heavy atom. The SMILES string of the molecule is CC(=Nn1c(-c2ccc(C)cc2)csc1=NC(C)C)c1ccc(C)o1. The van der Waals surface area contributed by atoms with E-state index in [-0.39, 0.29) is 6.04 Å². The van der Waals surface area contributed by atoms with Gasteiger partial charge in [0.1, 0.15) is 17.2 Å². The summed E-state index contributed by atoms with van der Waals surface area (Å²) >= 11 is 1.60. The van der Waals surface area contributed by atoms with Gasteiger partial charge in [0, 0.05) is 17.0 Å². The molecule has 0 spiro atoms. The highest BCUT2D eigenvalue weighted by atomic mass is 32.1. The summed E-state index contributed by atoms with van der Waals surface area (Å²) in [5.41, 5.74) is 4.22. The molecule has 0 atom stereocenters. The largest absolute Gasteiger partial charge is 0.460 e. The fourth-order valence-electron chi connectivity index (χ4n) is 2.46. The molecule has 2 heterocycles. The molecule has 5 heteroatoms. The molecule has 0 N–H and O–H groups in total. The van der Waals surface area contributed by atoms with Gasteiger partial charge in [-0.2, -0.15) is 5.10 Å². The summed E-state index contributed by atoms with van der Waals surface area (Å²) in [6, 6.07) is 12.6. The maximum atomic E-state index is 5.71. The predicted octanol–water partition coefficient (Wildman–Crippen LogP) is 5.01. The van der Waals surface area contributed by atoms with Crippen LogP contribution in [0.15, 0.2) is 56.3 Å². The highest BCUT2D eigenvalue weighted by Gasteiger charge is 2.10. The van der Waals surface area contributed by atoms with Gasteiger partial charge in [0.25, 0.3) is 0 Å². The molecular formula is C20H23N3OS. The van der Waals surface area contributed by atoms with Crippen LogP contribution in [0.3, 0.4) is 0 Å². The van der Waals surface area contributed by atoms with Gasteiger partial charge in [-0.15, -0.1) is 11.3 Å². The molecular weight excluding hydrogens is 330 g/mol. The molecule has 0 saturated heterocycles. The first-order valence-electron chi connectivity index (χ1n) is 8.38. The van der Waals surface area contributed by atoms with Gasteiger partial charge in [0.2, 0.25) is 4.80 Å². The quantitative estimate of drug-likeness (QED) is 0.608. The number of thiazole rings is 1. The molecule has 0 fully saturated rings. The molecule has 25 heavy (non-hydrogen) atoms. The predicted molar refractivity (Wildman–Crippen MR) is 104 cm³/mol. The number of aromatic nitrogens is 1.